The Balaban J connectivity index is 1.56. The number of ether oxygens (including phenoxy) is 4. The molecule has 2 aromatic carbocycles. The molecule has 1 heterocycles. The van der Waals surface area contributed by atoms with Crippen molar-refractivity contribution in [1.29, 1.82) is 0 Å². The van der Waals surface area contributed by atoms with Crippen molar-refractivity contribution in [2.24, 2.45) is 4.99 Å². The van der Waals surface area contributed by atoms with Crippen LogP contribution < -0.4 is 29.6 Å². The van der Waals surface area contributed by atoms with Gasteiger partial charge in [-0.1, -0.05) is 18.2 Å². The zero-order chi connectivity index (χ0) is 19.9. The van der Waals surface area contributed by atoms with Crippen LogP contribution in [0.2, 0.25) is 0 Å². The molecule has 0 aliphatic carbocycles. The van der Waals surface area contributed by atoms with Crippen molar-refractivity contribution in [2.45, 2.75) is 19.1 Å². The first-order valence-corrected chi connectivity index (χ1v) is 9.16. The summed E-state index contributed by atoms with van der Waals surface area (Å²) in [4.78, 5) is 4.28. The van der Waals surface area contributed by atoms with Crippen molar-refractivity contribution in [3.63, 3.8) is 0 Å². The fourth-order valence-corrected chi connectivity index (χ4v) is 3.22. The molecule has 3 rings (SSSR count). The first-order chi connectivity index (χ1) is 13.7. The van der Waals surface area contributed by atoms with Crippen LogP contribution in [0.3, 0.4) is 0 Å². The number of fused-ring (bicyclic) bond motifs is 1. The minimum Gasteiger partial charge on any atom is -0.493 e. The SMILES string of the molecule is CN=C(NCc1cc(OC)c(OC)c(OC)c1)NCC1Cc2ccccc2O1. The van der Waals surface area contributed by atoms with E-state index in [0.29, 0.717) is 36.3 Å². The zero-order valence-electron chi connectivity index (χ0n) is 16.7. The van der Waals surface area contributed by atoms with Gasteiger partial charge < -0.3 is 29.6 Å². The summed E-state index contributed by atoms with van der Waals surface area (Å²) < 4.78 is 22.1. The van der Waals surface area contributed by atoms with Gasteiger partial charge in [0.1, 0.15) is 11.9 Å². The Morgan fingerprint density at radius 1 is 1.07 bits per heavy atom. The molecule has 1 unspecified atom stereocenters. The summed E-state index contributed by atoms with van der Waals surface area (Å²) >= 11 is 0. The number of hydrogen-bond donors (Lipinski definition) is 2. The van der Waals surface area contributed by atoms with Gasteiger partial charge in [0.05, 0.1) is 27.9 Å². The second-order valence-corrected chi connectivity index (χ2v) is 6.39. The Morgan fingerprint density at radius 2 is 1.79 bits per heavy atom. The minimum absolute atomic E-state index is 0.0946. The standard InChI is InChI=1S/C21H27N3O4/c1-22-21(24-13-16-11-15-7-5-6-8-17(15)28-16)23-12-14-9-18(25-2)20(27-4)19(10-14)26-3/h5-10,16H,11-13H2,1-4H3,(H2,22,23,24). The highest BCUT2D eigenvalue weighted by atomic mass is 16.5. The average molecular weight is 385 g/mol. The summed E-state index contributed by atoms with van der Waals surface area (Å²) in [7, 11) is 6.55. The molecular weight excluding hydrogens is 358 g/mol. The summed E-state index contributed by atoms with van der Waals surface area (Å²) in [6, 6.07) is 12.0. The number of methoxy groups -OCH3 is 3. The van der Waals surface area contributed by atoms with E-state index in [4.69, 9.17) is 18.9 Å². The maximum Gasteiger partial charge on any atom is 0.203 e. The van der Waals surface area contributed by atoms with E-state index >= 15 is 0 Å². The number of para-hydroxylation sites is 1. The molecule has 7 nitrogen and oxygen atoms in total. The number of aliphatic imine (C=N–C) groups is 1. The van der Waals surface area contributed by atoms with E-state index in [0.717, 1.165) is 17.7 Å². The van der Waals surface area contributed by atoms with E-state index < -0.39 is 0 Å². The molecule has 0 aromatic heterocycles. The first kappa shape index (κ1) is 19.7. The smallest absolute Gasteiger partial charge is 0.203 e. The lowest BCUT2D eigenvalue weighted by atomic mass is 10.1. The molecular formula is C21H27N3O4. The Hall–Kier alpha value is -3.09. The molecule has 0 radical (unpaired) electrons. The molecule has 0 amide bonds. The Bertz CT molecular complexity index is 788. The van der Waals surface area contributed by atoms with Crippen LogP contribution in [0, 0.1) is 0 Å². The third kappa shape index (κ3) is 4.42. The van der Waals surface area contributed by atoms with Gasteiger partial charge >= 0.3 is 0 Å². The molecule has 2 N–H and O–H groups in total. The van der Waals surface area contributed by atoms with E-state index in [1.54, 1.807) is 28.4 Å². The van der Waals surface area contributed by atoms with Crippen molar-refractivity contribution in [2.75, 3.05) is 34.9 Å². The van der Waals surface area contributed by atoms with Crippen LogP contribution in [0.4, 0.5) is 0 Å². The number of hydrogen-bond acceptors (Lipinski definition) is 5. The number of guanidine groups is 1. The van der Waals surface area contributed by atoms with E-state index in [1.165, 1.54) is 5.56 Å². The molecule has 1 aliphatic heterocycles. The highest BCUT2D eigenvalue weighted by Crippen LogP contribution is 2.38. The number of benzene rings is 2. The third-order valence-corrected chi connectivity index (χ3v) is 4.62. The largest absolute Gasteiger partial charge is 0.493 e. The van der Waals surface area contributed by atoms with Gasteiger partial charge in [-0.15, -0.1) is 0 Å². The molecule has 0 saturated carbocycles. The van der Waals surface area contributed by atoms with Crippen LogP contribution in [-0.2, 0) is 13.0 Å². The van der Waals surface area contributed by atoms with Crippen LogP contribution in [-0.4, -0.2) is 47.0 Å². The number of nitrogens with one attached hydrogen (secondary N) is 2. The zero-order valence-corrected chi connectivity index (χ0v) is 16.7. The predicted octanol–water partition coefficient (Wildman–Crippen LogP) is 2.38. The second-order valence-electron chi connectivity index (χ2n) is 6.39. The molecule has 1 atom stereocenters. The maximum absolute atomic E-state index is 5.96. The average Bonchev–Trinajstić information content (AvgIpc) is 3.15. The fourth-order valence-electron chi connectivity index (χ4n) is 3.22. The van der Waals surface area contributed by atoms with E-state index in [2.05, 4.69) is 21.7 Å². The molecule has 0 bridgehead atoms. The van der Waals surface area contributed by atoms with Gasteiger partial charge in [-0.25, -0.2) is 0 Å². The number of rotatable bonds is 7. The van der Waals surface area contributed by atoms with Crippen LogP contribution in [0.1, 0.15) is 11.1 Å². The summed E-state index contributed by atoms with van der Waals surface area (Å²) in [5.74, 6) is 3.50. The van der Waals surface area contributed by atoms with Crippen molar-refractivity contribution in [3.05, 3.63) is 47.5 Å². The maximum atomic E-state index is 5.96. The van der Waals surface area contributed by atoms with Crippen molar-refractivity contribution < 1.29 is 18.9 Å². The second kappa shape index (κ2) is 9.21. The first-order valence-electron chi connectivity index (χ1n) is 9.16. The molecule has 0 fully saturated rings. The van der Waals surface area contributed by atoms with Crippen molar-refractivity contribution in [1.82, 2.24) is 10.6 Å². The quantitative estimate of drug-likeness (QED) is 0.563. The van der Waals surface area contributed by atoms with Gasteiger partial charge in [0.2, 0.25) is 5.75 Å². The highest BCUT2D eigenvalue weighted by molar-refractivity contribution is 5.79. The molecule has 150 valence electrons. The van der Waals surface area contributed by atoms with Crippen molar-refractivity contribution in [3.8, 4) is 23.0 Å². The van der Waals surface area contributed by atoms with E-state index in [9.17, 15) is 0 Å². The topological polar surface area (TPSA) is 73.3 Å². The molecule has 28 heavy (non-hydrogen) atoms. The summed E-state index contributed by atoms with van der Waals surface area (Å²) in [6.45, 7) is 1.23. The van der Waals surface area contributed by atoms with Gasteiger partial charge in [-0.3, -0.25) is 4.99 Å². The van der Waals surface area contributed by atoms with Crippen molar-refractivity contribution >= 4 is 5.96 Å². The highest BCUT2D eigenvalue weighted by Gasteiger charge is 2.22. The van der Waals surface area contributed by atoms with Gasteiger partial charge in [-0.2, -0.15) is 0 Å². The lowest BCUT2D eigenvalue weighted by molar-refractivity contribution is 0.235. The molecule has 1 aliphatic rings. The summed E-state index contributed by atoms with van der Waals surface area (Å²) in [5, 5.41) is 6.63. The summed E-state index contributed by atoms with van der Waals surface area (Å²) in [5.41, 5.74) is 2.23. The Labute approximate surface area is 165 Å². The molecule has 7 heteroatoms. The lowest BCUT2D eigenvalue weighted by Crippen LogP contribution is -2.41. The third-order valence-electron chi connectivity index (χ3n) is 4.62. The normalized spacial score (nSPS) is 15.4. The van der Waals surface area contributed by atoms with Gasteiger partial charge in [-0.05, 0) is 29.3 Å². The summed E-state index contributed by atoms with van der Waals surface area (Å²) in [6.07, 6.45) is 0.990. The van der Waals surface area contributed by atoms with Crippen LogP contribution in [0.25, 0.3) is 0 Å². The fraction of sp³-hybridized carbons (Fsp3) is 0.381. The lowest BCUT2D eigenvalue weighted by Gasteiger charge is -2.17. The number of nitrogens with zero attached hydrogens (tertiary/aromatic N) is 1. The van der Waals surface area contributed by atoms with Gasteiger partial charge in [0.15, 0.2) is 17.5 Å². The predicted molar refractivity (Wildman–Crippen MR) is 109 cm³/mol. The molecule has 2 aromatic rings. The van der Waals surface area contributed by atoms with E-state index in [-0.39, 0.29) is 6.10 Å². The van der Waals surface area contributed by atoms with Crippen LogP contribution >= 0.6 is 0 Å². The monoisotopic (exact) mass is 385 g/mol. The van der Waals surface area contributed by atoms with Gasteiger partial charge in [0.25, 0.3) is 0 Å². The van der Waals surface area contributed by atoms with Gasteiger partial charge in [0, 0.05) is 20.0 Å². The van der Waals surface area contributed by atoms with E-state index in [1.807, 2.05) is 30.3 Å². The van der Waals surface area contributed by atoms with Crippen LogP contribution in [0.15, 0.2) is 41.4 Å². The minimum atomic E-state index is 0.0946. The molecule has 0 saturated heterocycles. The Morgan fingerprint density at radius 3 is 2.39 bits per heavy atom. The van der Waals surface area contributed by atoms with Crippen LogP contribution in [0.5, 0.6) is 23.0 Å². The molecule has 0 spiro atoms. The Kier molecular flexibility index (Phi) is 6.47.